The molecule has 1 aliphatic heterocycles. The van der Waals surface area contributed by atoms with Gasteiger partial charge in [-0.3, -0.25) is 4.79 Å². The van der Waals surface area contributed by atoms with E-state index < -0.39 is 11.0 Å². The zero-order valence-corrected chi connectivity index (χ0v) is 13.2. The fourth-order valence-corrected chi connectivity index (χ4v) is 3.41. The maximum atomic E-state index is 13.1. The summed E-state index contributed by atoms with van der Waals surface area (Å²) in [4.78, 5) is 13.1. The fraction of sp³-hybridized carbons (Fsp3) is 0.278. The van der Waals surface area contributed by atoms with Gasteiger partial charge in [-0.05, 0) is 50.1 Å². The summed E-state index contributed by atoms with van der Waals surface area (Å²) in [6, 6.07) is 15.6. The SMILES string of the molecule is CC1(C)Nc2ccc(Cl)cc2C(C)(c2ccccc2)C1=O. The third-order valence-electron chi connectivity index (χ3n) is 4.34. The quantitative estimate of drug-likeness (QED) is 0.844. The Hall–Kier alpha value is -1.80. The number of nitrogens with one attached hydrogen (secondary N) is 1. The number of benzene rings is 2. The smallest absolute Gasteiger partial charge is 0.172 e. The number of halogens is 1. The second kappa shape index (κ2) is 4.60. The lowest BCUT2D eigenvalue weighted by molar-refractivity contribution is -0.126. The van der Waals surface area contributed by atoms with Gasteiger partial charge in [0, 0.05) is 10.7 Å². The predicted molar refractivity (Wildman–Crippen MR) is 87.1 cm³/mol. The Morgan fingerprint density at radius 3 is 2.33 bits per heavy atom. The number of Topliss-reactive ketones (excluding diaryl/α,β-unsaturated/α-hetero) is 1. The Morgan fingerprint density at radius 1 is 1.00 bits per heavy atom. The van der Waals surface area contributed by atoms with Crippen LogP contribution in [0.15, 0.2) is 48.5 Å². The molecule has 3 heteroatoms. The molecule has 2 aromatic rings. The molecule has 21 heavy (non-hydrogen) atoms. The van der Waals surface area contributed by atoms with Gasteiger partial charge < -0.3 is 5.32 Å². The summed E-state index contributed by atoms with van der Waals surface area (Å²) < 4.78 is 0. The first kappa shape index (κ1) is 14.2. The summed E-state index contributed by atoms with van der Waals surface area (Å²) >= 11 is 6.17. The van der Waals surface area contributed by atoms with Crippen LogP contribution in [0.4, 0.5) is 5.69 Å². The number of rotatable bonds is 1. The molecule has 2 aromatic carbocycles. The highest BCUT2D eigenvalue weighted by Crippen LogP contribution is 2.45. The Morgan fingerprint density at radius 2 is 1.67 bits per heavy atom. The van der Waals surface area contributed by atoms with Crippen molar-refractivity contribution in [3.63, 3.8) is 0 Å². The molecule has 0 spiro atoms. The molecule has 3 rings (SSSR count). The summed E-state index contributed by atoms with van der Waals surface area (Å²) in [5, 5.41) is 3.97. The molecule has 0 radical (unpaired) electrons. The zero-order valence-electron chi connectivity index (χ0n) is 12.4. The molecule has 1 N–H and O–H groups in total. The Kier molecular flexibility index (Phi) is 3.10. The van der Waals surface area contributed by atoms with Crippen molar-refractivity contribution in [3.8, 4) is 0 Å². The minimum absolute atomic E-state index is 0.149. The highest BCUT2D eigenvalue weighted by atomic mass is 35.5. The van der Waals surface area contributed by atoms with Crippen LogP contribution < -0.4 is 5.32 Å². The molecule has 0 amide bonds. The number of anilines is 1. The van der Waals surface area contributed by atoms with Crippen molar-refractivity contribution in [2.24, 2.45) is 0 Å². The van der Waals surface area contributed by atoms with E-state index in [1.807, 2.05) is 69.3 Å². The first-order chi connectivity index (χ1) is 9.85. The highest BCUT2D eigenvalue weighted by Gasteiger charge is 2.49. The van der Waals surface area contributed by atoms with E-state index in [0.29, 0.717) is 5.02 Å². The summed E-state index contributed by atoms with van der Waals surface area (Å²) in [7, 11) is 0. The third kappa shape index (κ3) is 2.06. The normalized spacial score (nSPS) is 23.3. The van der Waals surface area contributed by atoms with Crippen molar-refractivity contribution >= 4 is 23.1 Å². The number of hydrogen-bond donors (Lipinski definition) is 1. The molecular formula is C18H18ClNO. The van der Waals surface area contributed by atoms with Crippen LogP contribution in [0.5, 0.6) is 0 Å². The van der Waals surface area contributed by atoms with Crippen LogP contribution >= 0.6 is 11.6 Å². The van der Waals surface area contributed by atoms with E-state index in [0.717, 1.165) is 16.8 Å². The number of carbonyl (C=O) groups is 1. The first-order valence-corrected chi connectivity index (χ1v) is 7.42. The van der Waals surface area contributed by atoms with Gasteiger partial charge in [0.2, 0.25) is 0 Å². The predicted octanol–water partition coefficient (Wildman–Crippen LogP) is 4.42. The Balaban J connectivity index is 2.32. The molecule has 1 unspecified atom stereocenters. The molecule has 108 valence electrons. The molecule has 0 saturated carbocycles. The molecule has 1 heterocycles. The molecule has 0 aromatic heterocycles. The molecule has 1 atom stereocenters. The molecule has 0 bridgehead atoms. The van der Waals surface area contributed by atoms with Gasteiger partial charge in [0.1, 0.15) is 0 Å². The fourth-order valence-electron chi connectivity index (χ4n) is 3.24. The van der Waals surface area contributed by atoms with E-state index in [-0.39, 0.29) is 5.78 Å². The number of fused-ring (bicyclic) bond motifs is 1. The largest absolute Gasteiger partial charge is 0.373 e. The number of ketones is 1. The van der Waals surface area contributed by atoms with Crippen LogP contribution in [0.25, 0.3) is 0 Å². The average molecular weight is 300 g/mol. The zero-order chi connectivity index (χ0) is 15.3. The standard InChI is InChI=1S/C18H18ClNO/c1-17(2)16(21)18(3,12-7-5-4-6-8-12)14-11-13(19)9-10-15(14)20-17/h4-11,20H,1-3H3. The maximum Gasteiger partial charge on any atom is 0.172 e. The van der Waals surface area contributed by atoms with Crippen molar-refractivity contribution in [2.45, 2.75) is 31.7 Å². The topological polar surface area (TPSA) is 29.1 Å². The minimum atomic E-state index is -0.698. The molecule has 0 aliphatic carbocycles. The van der Waals surface area contributed by atoms with Crippen molar-refractivity contribution in [1.29, 1.82) is 0 Å². The van der Waals surface area contributed by atoms with E-state index >= 15 is 0 Å². The van der Waals surface area contributed by atoms with Gasteiger partial charge in [-0.15, -0.1) is 0 Å². The van der Waals surface area contributed by atoms with E-state index in [1.165, 1.54) is 0 Å². The van der Waals surface area contributed by atoms with Crippen LogP contribution in [-0.4, -0.2) is 11.3 Å². The minimum Gasteiger partial charge on any atom is -0.373 e. The monoisotopic (exact) mass is 299 g/mol. The van der Waals surface area contributed by atoms with Crippen molar-refractivity contribution in [3.05, 3.63) is 64.7 Å². The van der Waals surface area contributed by atoms with Gasteiger partial charge in [-0.1, -0.05) is 41.9 Å². The first-order valence-electron chi connectivity index (χ1n) is 7.04. The summed E-state index contributed by atoms with van der Waals surface area (Å²) in [5.41, 5.74) is 1.58. The van der Waals surface area contributed by atoms with Crippen molar-refractivity contribution < 1.29 is 4.79 Å². The van der Waals surface area contributed by atoms with Crippen LogP contribution in [0.3, 0.4) is 0 Å². The van der Waals surface area contributed by atoms with E-state index in [9.17, 15) is 4.79 Å². The molecule has 0 fully saturated rings. The lowest BCUT2D eigenvalue weighted by Crippen LogP contribution is -2.55. The van der Waals surface area contributed by atoms with Crippen molar-refractivity contribution in [2.75, 3.05) is 5.32 Å². The maximum absolute atomic E-state index is 13.1. The molecule has 1 aliphatic rings. The van der Waals surface area contributed by atoms with Crippen LogP contribution in [0.2, 0.25) is 5.02 Å². The van der Waals surface area contributed by atoms with Gasteiger partial charge in [-0.25, -0.2) is 0 Å². The van der Waals surface area contributed by atoms with E-state index in [2.05, 4.69) is 5.32 Å². The Bertz CT molecular complexity index is 708. The molecule has 0 saturated heterocycles. The lowest BCUT2D eigenvalue weighted by atomic mass is 9.65. The number of carbonyl (C=O) groups excluding carboxylic acids is 1. The lowest BCUT2D eigenvalue weighted by Gasteiger charge is -2.44. The summed E-state index contributed by atoms with van der Waals surface area (Å²) in [5.74, 6) is 0.149. The van der Waals surface area contributed by atoms with Crippen LogP contribution in [0.1, 0.15) is 31.9 Å². The van der Waals surface area contributed by atoms with Gasteiger partial charge in [0.05, 0.1) is 11.0 Å². The second-order valence-electron chi connectivity index (χ2n) is 6.26. The van der Waals surface area contributed by atoms with Gasteiger partial charge >= 0.3 is 0 Å². The van der Waals surface area contributed by atoms with Gasteiger partial charge in [0.15, 0.2) is 5.78 Å². The average Bonchev–Trinajstić information content (AvgIpc) is 2.47. The molecule has 2 nitrogen and oxygen atoms in total. The van der Waals surface area contributed by atoms with E-state index in [4.69, 9.17) is 11.6 Å². The second-order valence-corrected chi connectivity index (χ2v) is 6.70. The Labute approximate surface area is 130 Å². The van der Waals surface area contributed by atoms with Crippen LogP contribution in [0, 0.1) is 0 Å². The van der Waals surface area contributed by atoms with Gasteiger partial charge in [0.25, 0.3) is 0 Å². The van der Waals surface area contributed by atoms with E-state index in [1.54, 1.807) is 0 Å². The molecular weight excluding hydrogens is 282 g/mol. The number of hydrogen-bond acceptors (Lipinski definition) is 2. The van der Waals surface area contributed by atoms with Crippen molar-refractivity contribution in [1.82, 2.24) is 0 Å². The van der Waals surface area contributed by atoms with Crippen LogP contribution in [-0.2, 0) is 10.2 Å². The summed E-state index contributed by atoms with van der Waals surface area (Å²) in [6.45, 7) is 5.84. The third-order valence-corrected chi connectivity index (χ3v) is 4.58. The highest BCUT2D eigenvalue weighted by molar-refractivity contribution is 6.30. The summed E-state index contributed by atoms with van der Waals surface area (Å²) in [6.07, 6.45) is 0. The van der Waals surface area contributed by atoms with Gasteiger partial charge in [-0.2, -0.15) is 0 Å².